The van der Waals surface area contributed by atoms with Crippen LogP contribution in [-0.2, 0) is 19.7 Å². The number of nitrogens with zero attached hydrogens (tertiary/aromatic N) is 1. The number of thioether (sulfide) groups is 1. The van der Waals surface area contributed by atoms with Crippen LogP contribution in [0.15, 0.2) is 55.7 Å². The molecule has 0 radical (unpaired) electrons. The number of hydrogen-bond acceptors (Lipinski definition) is 7. The fraction of sp³-hybridized carbons (Fsp3) is 0.190. The highest BCUT2D eigenvalue weighted by Gasteiger charge is 2.25. The summed E-state index contributed by atoms with van der Waals surface area (Å²) in [5.74, 6) is -0.643. The van der Waals surface area contributed by atoms with Crippen molar-refractivity contribution in [3.05, 3.63) is 56.9 Å². The minimum absolute atomic E-state index is 0.00448. The Kier molecular flexibility index (Phi) is 7.42. The number of amides is 2. The fourth-order valence-corrected chi connectivity index (χ4v) is 5.11. The molecule has 0 spiro atoms. The molecule has 0 saturated carbocycles. The van der Waals surface area contributed by atoms with Gasteiger partial charge < -0.3 is 14.2 Å². The Hall–Kier alpha value is -2.63. The lowest BCUT2D eigenvalue weighted by atomic mass is 10.2. The summed E-state index contributed by atoms with van der Waals surface area (Å²) in [5.41, 5.74) is 1.47. The maximum Gasteiger partial charge on any atom is 0.339 e. The van der Waals surface area contributed by atoms with Crippen molar-refractivity contribution in [3.63, 3.8) is 0 Å². The summed E-state index contributed by atoms with van der Waals surface area (Å²) in [6.45, 7) is 5.19. The molecule has 2 aromatic rings. The number of aryl methyl sites for hydroxylation is 1. The molecule has 0 aliphatic carbocycles. The third-order valence-electron chi connectivity index (χ3n) is 4.04. The van der Waals surface area contributed by atoms with Crippen molar-refractivity contribution in [2.45, 2.75) is 25.7 Å². The fourth-order valence-electron chi connectivity index (χ4n) is 2.64. The molecule has 0 unspecified atom stereocenters. The van der Waals surface area contributed by atoms with Gasteiger partial charge in [0.15, 0.2) is 16.7 Å². The van der Waals surface area contributed by atoms with Crippen LogP contribution in [0.5, 0.6) is 11.5 Å². The number of hydrogen-bond donors (Lipinski definition) is 1. The third-order valence-corrected chi connectivity index (χ3v) is 6.76. The van der Waals surface area contributed by atoms with Crippen molar-refractivity contribution >= 4 is 60.9 Å². The highest BCUT2D eigenvalue weighted by molar-refractivity contribution is 9.10. The van der Waals surface area contributed by atoms with Crippen molar-refractivity contribution < 1.29 is 26.9 Å². The van der Waals surface area contributed by atoms with E-state index in [1.807, 2.05) is 6.92 Å². The normalized spacial score (nSPS) is 14.9. The van der Waals surface area contributed by atoms with E-state index in [0.29, 0.717) is 14.9 Å². The van der Waals surface area contributed by atoms with Gasteiger partial charge in [0.2, 0.25) is 5.91 Å². The van der Waals surface area contributed by atoms with Gasteiger partial charge in [0.1, 0.15) is 4.90 Å². The first kappa shape index (κ1) is 24.0. The summed E-state index contributed by atoms with van der Waals surface area (Å²) in [7, 11) is -4.10. The topological polar surface area (TPSA) is 111 Å². The van der Waals surface area contributed by atoms with Crippen molar-refractivity contribution in [2.24, 2.45) is 4.99 Å². The maximum absolute atomic E-state index is 12.7. The van der Waals surface area contributed by atoms with Gasteiger partial charge in [0.05, 0.1) is 16.0 Å². The van der Waals surface area contributed by atoms with Crippen molar-refractivity contribution in [2.75, 3.05) is 6.61 Å². The smallest absolute Gasteiger partial charge is 0.339 e. The lowest BCUT2D eigenvalue weighted by Crippen LogP contribution is -2.23. The van der Waals surface area contributed by atoms with E-state index in [2.05, 4.69) is 26.2 Å². The molecular formula is C21H19BrN2O6S2. The molecule has 8 nitrogen and oxygen atoms in total. The van der Waals surface area contributed by atoms with Crippen LogP contribution in [0, 0.1) is 6.92 Å². The van der Waals surface area contributed by atoms with Crippen LogP contribution in [0.4, 0.5) is 0 Å². The number of ether oxygens (including phenoxy) is 1. The van der Waals surface area contributed by atoms with E-state index in [-0.39, 0.29) is 34.1 Å². The number of carbonyl (C=O) groups excluding carboxylic acids is 2. The monoisotopic (exact) mass is 538 g/mol. The maximum atomic E-state index is 12.7. The van der Waals surface area contributed by atoms with Gasteiger partial charge in [-0.05, 0) is 77.4 Å². The predicted molar refractivity (Wildman–Crippen MR) is 126 cm³/mol. The van der Waals surface area contributed by atoms with Crippen LogP contribution in [0.1, 0.15) is 25.0 Å². The van der Waals surface area contributed by atoms with Gasteiger partial charge in [0.25, 0.3) is 5.91 Å². The number of benzene rings is 2. The van der Waals surface area contributed by atoms with Crippen molar-refractivity contribution in [3.8, 4) is 11.5 Å². The van der Waals surface area contributed by atoms with Crippen molar-refractivity contribution in [1.29, 1.82) is 0 Å². The molecule has 2 aromatic carbocycles. The second-order valence-electron chi connectivity index (χ2n) is 6.63. The Morgan fingerprint density at radius 2 is 1.94 bits per heavy atom. The van der Waals surface area contributed by atoms with E-state index in [0.717, 1.165) is 17.3 Å². The first-order valence-electron chi connectivity index (χ1n) is 9.36. The minimum atomic E-state index is -4.10. The molecule has 1 aliphatic heterocycles. The first-order chi connectivity index (χ1) is 15.1. The lowest BCUT2D eigenvalue weighted by Gasteiger charge is -2.14. The standard InChI is InChI=1S/C21H19BrN2O6S2/c1-4-29-17-10-14(11-18-20(26)24-21(31-18)23-13(3)25)9-16(22)19(17)30-32(27,28)15-7-5-12(2)6-8-15/h5-11H,4H2,1-3H3,(H,23,24,25,26)/b18-11-. The zero-order valence-electron chi connectivity index (χ0n) is 17.3. The Morgan fingerprint density at radius 1 is 1.25 bits per heavy atom. The number of amidine groups is 1. The van der Waals surface area contributed by atoms with E-state index in [9.17, 15) is 18.0 Å². The van der Waals surface area contributed by atoms with E-state index < -0.39 is 16.0 Å². The molecule has 1 heterocycles. The molecule has 1 N–H and O–H groups in total. The predicted octanol–water partition coefficient (Wildman–Crippen LogP) is 4.03. The van der Waals surface area contributed by atoms with Gasteiger partial charge in [-0.1, -0.05) is 17.7 Å². The SMILES string of the molecule is CCOc1cc(/C=C2\SC(NC(C)=O)=NC2=O)cc(Br)c1OS(=O)(=O)c1ccc(C)cc1. The molecule has 0 atom stereocenters. The molecule has 3 rings (SSSR count). The average molecular weight is 539 g/mol. The quantitative estimate of drug-likeness (QED) is 0.436. The number of nitrogens with one attached hydrogen (secondary N) is 1. The van der Waals surface area contributed by atoms with Crippen LogP contribution in [0.3, 0.4) is 0 Å². The van der Waals surface area contributed by atoms with Crippen LogP contribution < -0.4 is 14.2 Å². The lowest BCUT2D eigenvalue weighted by molar-refractivity contribution is -0.117. The number of halogens is 1. The molecule has 0 bridgehead atoms. The van der Waals surface area contributed by atoms with Gasteiger partial charge in [0, 0.05) is 6.92 Å². The first-order valence-corrected chi connectivity index (χ1v) is 12.4. The van der Waals surface area contributed by atoms with Crippen LogP contribution in [0.2, 0.25) is 0 Å². The zero-order chi connectivity index (χ0) is 23.5. The number of rotatable bonds is 6. The molecule has 32 heavy (non-hydrogen) atoms. The Bertz CT molecular complexity index is 1240. The second-order valence-corrected chi connectivity index (χ2v) is 10.1. The highest BCUT2D eigenvalue weighted by atomic mass is 79.9. The number of aliphatic imine (C=N–C) groups is 1. The van der Waals surface area contributed by atoms with Gasteiger partial charge in [-0.2, -0.15) is 13.4 Å². The van der Waals surface area contributed by atoms with Crippen LogP contribution in [-0.4, -0.2) is 32.0 Å². The van der Waals surface area contributed by atoms with Gasteiger partial charge in [-0.15, -0.1) is 0 Å². The van der Waals surface area contributed by atoms with Crippen LogP contribution >= 0.6 is 27.7 Å². The summed E-state index contributed by atoms with van der Waals surface area (Å²) in [4.78, 5) is 27.4. The Morgan fingerprint density at radius 3 is 2.56 bits per heavy atom. The largest absolute Gasteiger partial charge is 0.490 e. The summed E-state index contributed by atoms with van der Waals surface area (Å²) in [6, 6.07) is 9.45. The average Bonchev–Trinajstić information content (AvgIpc) is 3.03. The molecular weight excluding hydrogens is 520 g/mol. The molecule has 2 amide bonds. The molecule has 1 aliphatic rings. The molecule has 0 saturated heterocycles. The summed E-state index contributed by atoms with van der Waals surface area (Å²) in [6.07, 6.45) is 1.57. The van der Waals surface area contributed by atoms with Crippen molar-refractivity contribution in [1.82, 2.24) is 5.32 Å². The summed E-state index contributed by atoms with van der Waals surface area (Å²) >= 11 is 4.36. The zero-order valence-corrected chi connectivity index (χ0v) is 20.6. The van der Waals surface area contributed by atoms with E-state index >= 15 is 0 Å². The molecule has 0 fully saturated rings. The van der Waals surface area contributed by atoms with E-state index in [1.165, 1.54) is 19.1 Å². The van der Waals surface area contributed by atoms with Gasteiger partial charge in [-0.25, -0.2) is 0 Å². The molecule has 11 heteroatoms. The number of carbonyl (C=O) groups is 2. The van der Waals surface area contributed by atoms with Crippen LogP contribution in [0.25, 0.3) is 6.08 Å². The Labute approximate surface area is 198 Å². The third kappa shape index (κ3) is 5.78. The molecule has 0 aromatic heterocycles. The molecule has 168 valence electrons. The van der Waals surface area contributed by atoms with Gasteiger partial charge in [-0.3, -0.25) is 9.59 Å². The van der Waals surface area contributed by atoms with E-state index in [4.69, 9.17) is 8.92 Å². The second kappa shape index (κ2) is 9.88. The van der Waals surface area contributed by atoms with Gasteiger partial charge >= 0.3 is 10.1 Å². The summed E-state index contributed by atoms with van der Waals surface area (Å²) in [5, 5.41) is 2.67. The highest BCUT2D eigenvalue weighted by Crippen LogP contribution is 2.40. The minimum Gasteiger partial charge on any atom is -0.490 e. The summed E-state index contributed by atoms with van der Waals surface area (Å²) < 4.78 is 36.8. The van der Waals surface area contributed by atoms with E-state index in [1.54, 1.807) is 37.3 Å². The Balaban J connectivity index is 1.93.